The molecule has 88 valence electrons. The highest BCUT2D eigenvalue weighted by atomic mass is 127. The van der Waals surface area contributed by atoms with E-state index in [1.54, 1.807) is 0 Å². The van der Waals surface area contributed by atoms with Gasteiger partial charge in [0, 0.05) is 12.1 Å². The lowest BCUT2D eigenvalue weighted by molar-refractivity contribution is -0.597. The molecule has 0 heterocycles. The third-order valence-corrected chi connectivity index (χ3v) is 6.05. The van der Waals surface area contributed by atoms with E-state index in [2.05, 4.69) is 0 Å². The third-order valence-electron chi connectivity index (χ3n) is 1.98. The van der Waals surface area contributed by atoms with E-state index < -0.39 is 0 Å². The second kappa shape index (κ2) is 5.98. The Balaban J connectivity index is 2.25. The van der Waals surface area contributed by atoms with Gasteiger partial charge in [-0.3, -0.25) is 0 Å². The lowest BCUT2D eigenvalue weighted by Crippen LogP contribution is -3.61. The number of rotatable bonds is 2. The molecule has 0 atom stereocenters. The van der Waals surface area contributed by atoms with Gasteiger partial charge in [-0.25, -0.2) is 0 Å². The van der Waals surface area contributed by atoms with Crippen molar-refractivity contribution in [2.24, 2.45) is 0 Å². The zero-order valence-electron chi connectivity index (χ0n) is 8.35. The standard InChI is InChI=1S/C12H6Cl4I/c13-9-3-1-7(5-11(9)15)17-8-2-4-10(14)12(16)6-8/h1-6H/q+1. The summed E-state index contributed by atoms with van der Waals surface area (Å²) in [6.07, 6.45) is 0. The van der Waals surface area contributed by atoms with Crippen molar-refractivity contribution >= 4 is 46.4 Å². The Bertz CT molecular complexity index is 505. The molecule has 0 nitrogen and oxygen atoms in total. The van der Waals surface area contributed by atoms with Gasteiger partial charge in [-0.1, -0.05) is 46.4 Å². The molecule has 0 fully saturated rings. The van der Waals surface area contributed by atoms with Gasteiger partial charge in [-0.2, -0.15) is 0 Å². The van der Waals surface area contributed by atoms with E-state index in [0.717, 1.165) is 0 Å². The van der Waals surface area contributed by atoms with Crippen LogP contribution in [0.4, 0.5) is 0 Å². The summed E-state index contributed by atoms with van der Waals surface area (Å²) in [5, 5.41) is 2.33. The average Bonchev–Trinajstić information content (AvgIpc) is 2.29. The molecule has 0 aliphatic rings. The van der Waals surface area contributed by atoms with Crippen molar-refractivity contribution in [1.82, 2.24) is 0 Å². The Labute approximate surface area is 130 Å². The molecule has 0 radical (unpaired) electrons. The van der Waals surface area contributed by atoms with Crippen LogP contribution in [0, 0.1) is 7.14 Å². The maximum atomic E-state index is 5.98. The van der Waals surface area contributed by atoms with E-state index in [9.17, 15) is 0 Å². The molecule has 0 saturated carbocycles. The largest absolute Gasteiger partial charge is 0.358 e. The molecule has 0 aliphatic carbocycles. The highest BCUT2D eigenvalue weighted by molar-refractivity contribution is 6.42. The minimum Gasteiger partial charge on any atom is -0.0827 e. The molecule has 0 saturated heterocycles. The van der Waals surface area contributed by atoms with Gasteiger partial charge in [0.15, 0.2) is 7.14 Å². The predicted molar refractivity (Wildman–Crippen MR) is 70.3 cm³/mol. The van der Waals surface area contributed by atoms with Crippen molar-refractivity contribution in [3.05, 3.63) is 63.6 Å². The molecule has 0 amide bonds. The molecule has 0 aliphatic heterocycles. The van der Waals surface area contributed by atoms with E-state index in [-0.39, 0.29) is 21.2 Å². The quantitative estimate of drug-likeness (QED) is 0.519. The lowest BCUT2D eigenvalue weighted by Gasteiger charge is -1.94. The minimum atomic E-state index is -0.317. The Morgan fingerprint density at radius 3 is 1.35 bits per heavy atom. The molecule has 0 bridgehead atoms. The van der Waals surface area contributed by atoms with Crippen molar-refractivity contribution in [3.8, 4) is 0 Å². The van der Waals surface area contributed by atoms with Gasteiger partial charge in [0.05, 0.1) is 20.1 Å². The molecular formula is C12H6Cl4I+. The highest BCUT2D eigenvalue weighted by Gasteiger charge is 2.17. The van der Waals surface area contributed by atoms with Crippen molar-refractivity contribution in [2.45, 2.75) is 0 Å². The van der Waals surface area contributed by atoms with Crippen LogP contribution in [-0.4, -0.2) is 0 Å². The molecule has 2 rings (SSSR count). The van der Waals surface area contributed by atoms with Crippen LogP contribution in [0.1, 0.15) is 0 Å². The first-order valence-electron chi connectivity index (χ1n) is 4.61. The van der Waals surface area contributed by atoms with Gasteiger partial charge < -0.3 is 0 Å². The van der Waals surface area contributed by atoms with E-state index in [1.165, 1.54) is 7.14 Å². The normalized spacial score (nSPS) is 10.6. The summed E-state index contributed by atoms with van der Waals surface area (Å²) in [4.78, 5) is 0. The fourth-order valence-corrected chi connectivity index (χ4v) is 4.52. The molecule has 0 aromatic heterocycles. The van der Waals surface area contributed by atoms with Crippen molar-refractivity contribution in [2.75, 3.05) is 0 Å². The molecular weight excluding hydrogens is 413 g/mol. The zero-order valence-corrected chi connectivity index (χ0v) is 13.5. The first-order valence-corrected chi connectivity index (χ1v) is 8.28. The predicted octanol–water partition coefficient (Wildman–Crippen LogP) is 2.43. The third kappa shape index (κ3) is 3.65. The van der Waals surface area contributed by atoms with Gasteiger partial charge in [-0.15, -0.1) is 0 Å². The summed E-state index contributed by atoms with van der Waals surface area (Å²) in [5.74, 6) is 0. The Hall–Kier alpha value is 0.330. The van der Waals surface area contributed by atoms with Crippen molar-refractivity contribution in [1.29, 1.82) is 0 Å². The van der Waals surface area contributed by atoms with Crippen LogP contribution >= 0.6 is 46.4 Å². The number of hydrogen-bond acceptors (Lipinski definition) is 0. The molecule has 0 unspecified atom stereocenters. The number of hydrogen-bond donors (Lipinski definition) is 0. The smallest absolute Gasteiger partial charge is 0.0827 e. The van der Waals surface area contributed by atoms with Crippen LogP contribution in [0.2, 0.25) is 20.1 Å². The summed E-state index contributed by atoms with van der Waals surface area (Å²) in [5.41, 5.74) is 0. The Morgan fingerprint density at radius 1 is 0.588 bits per heavy atom. The summed E-state index contributed by atoms with van der Waals surface area (Å²) < 4.78 is 2.38. The summed E-state index contributed by atoms with van der Waals surface area (Å²) in [7, 11) is 0. The Kier molecular flexibility index (Phi) is 4.84. The van der Waals surface area contributed by atoms with Gasteiger partial charge >= 0.3 is 21.2 Å². The van der Waals surface area contributed by atoms with E-state index in [4.69, 9.17) is 46.4 Å². The van der Waals surface area contributed by atoms with Gasteiger partial charge in [0.25, 0.3) is 0 Å². The lowest BCUT2D eigenvalue weighted by atomic mass is 10.4. The van der Waals surface area contributed by atoms with Crippen LogP contribution in [0.5, 0.6) is 0 Å². The molecule has 2 aromatic rings. The van der Waals surface area contributed by atoms with Crippen LogP contribution < -0.4 is 21.2 Å². The van der Waals surface area contributed by atoms with Crippen LogP contribution in [0.25, 0.3) is 0 Å². The SMILES string of the molecule is Clc1ccc([I+]c2ccc(Cl)c(Cl)c2)cc1Cl. The first kappa shape index (κ1) is 13.8. The van der Waals surface area contributed by atoms with E-state index >= 15 is 0 Å². The topological polar surface area (TPSA) is 0 Å². The highest BCUT2D eigenvalue weighted by Crippen LogP contribution is 2.20. The van der Waals surface area contributed by atoms with Crippen LogP contribution in [0.3, 0.4) is 0 Å². The average molecular weight is 419 g/mol. The maximum absolute atomic E-state index is 5.98. The Morgan fingerprint density at radius 2 is 1.00 bits per heavy atom. The summed E-state index contributed by atoms with van der Waals surface area (Å²) >= 11 is 23.4. The van der Waals surface area contributed by atoms with Gasteiger partial charge in [0.1, 0.15) is 0 Å². The fourth-order valence-electron chi connectivity index (χ4n) is 1.18. The number of halogens is 5. The monoisotopic (exact) mass is 417 g/mol. The second-order valence-corrected chi connectivity index (χ2v) is 7.87. The van der Waals surface area contributed by atoms with E-state index in [1.807, 2.05) is 36.4 Å². The van der Waals surface area contributed by atoms with Crippen LogP contribution in [-0.2, 0) is 0 Å². The molecule has 17 heavy (non-hydrogen) atoms. The maximum Gasteiger partial charge on any atom is 0.358 e. The van der Waals surface area contributed by atoms with Crippen molar-refractivity contribution in [3.63, 3.8) is 0 Å². The molecule has 5 heteroatoms. The summed E-state index contributed by atoms with van der Waals surface area (Å²) in [6.45, 7) is 0. The minimum absolute atomic E-state index is 0.317. The second-order valence-electron chi connectivity index (χ2n) is 3.21. The molecule has 0 N–H and O–H groups in total. The zero-order chi connectivity index (χ0) is 12.4. The number of benzene rings is 2. The van der Waals surface area contributed by atoms with Crippen LogP contribution in [0.15, 0.2) is 36.4 Å². The fraction of sp³-hybridized carbons (Fsp3) is 0. The molecule has 0 spiro atoms. The summed E-state index contributed by atoms with van der Waals surface area (Å²) in [6, 6.07) is 11.4. The van der Waals surface area contributed by atoms with Crippen molar-refractivity contribution < 1.29 is 21.2 Å². The van der Waals surface area contributed by atoms with E-state index in [0.29, 0.717) is 20.1 Å². The first-order chi connectivity index (χ1) is 8.06. The molecule has 2 aromatic carbocycles. The van der Waals surface area contributed by atoms with Gasteiger partial charge in [-0.05, 0) is 24.3 Å². The van der Waals surface area contributed by atoms with Gasteiger partial charge in [0.2, 0.25) is 0 Å².